The maximum atomic E-state index is 12.0. The van der Waals surface area contributed by atoms with Crippen LogP contribution in [0.5, 0.6) is 0 Å². The summed E-state index contributed by atoms with van der Waals surface area (Å²) in [5, 5.41) is 0.640. The largest absolute Gasteiger partial charge is 0.468 e. The highest BCUT2D eigenvalue weighted by Crippen LogP contribution is 2.28. The first-order valence-corrected chi connectivity index (χ1v) is 9.90. The molecule has 25 heavy (non-hydrogen) atoms. The summed E-state index contributed by atoms with van der Waals surface area (Å²) in [6, 6.07) is 16.3. The van der Waals surface area contributed by atoms with Crippen LogP contribution in [0.1, 0.15) is 36.8 Å². The fourth-order valence-corrected chi connectivity index (χ4v) is 3.85. The highest BCUT2D eigenvalue weighted by atomic mass is 35.5. The molecule has 0 aliphatic rings. The molecule has 0 bridgehead atoms. The van der Waals surface area contributed by atoms with Crippen LogP contribution in [0.2, 0.25) is 5.02 Å². The minimum absolute atomic E-state index is 0.136. The van der Waals surface area contributed by atoms with Crippen LogP contribution in [-0.4, -0.2) is 18.3 Å². The van der Waals surface area contributed by atoms with Crippen LogP contribution in [0.3, 0.4) is 0 Å². The Bertz CT molecular complexity index is 653. The van der Waals surface area contributed by atoms with Gasteiger partial charge in [0.25, 0.3) is 0 Å². The van der Waals surface area contributed by atoms with Gasteiger partial charge in [0.15, 0.2) is 0 Å². The zero-order valence-corrected chi connectivity index (χ0v) is 16.4. The van der Waals surface area contributed by atoms with E-state index in [-0.39, 0.29) is 11.2 Å². The molecule has 0 amide bonds. The molecule has 0 aliphatic carbocycles. The van der Waals surface area contributed by atoms with Gasteiger partial charge in [0, 0.05) is 9.92 Å². The van der Waals surface area contributed by atoms with E-state index in [0.29, 0.717) is 0 Å². The van der Waals surface area contributed by atoms with Crippen molar-refractivity contribution < 1.29 is 9.53 Å². The summed E-state index contributed by atoms with van der Waals surface area (Å²) < 4.78 is 4.97. The first-order valence-electron chi connectivity index (χ1n) is 8.64. The number of hydrogen-bond acceptors (Lipinski definition) is 3. The molecular weight excluding hydrogens is 352 g/mol. The topological polar surface area (TPSA) is 26.3 Å². The molecule has 0 saturated carbocycles. The molecule has 0 N–H and O–H groups in total. The number of thioether (sulfide) groups is 1. The Balaban J connectivity index is 1.76. The lowest BCUT2D eigenvalue weighted by Crippen LogP contribution is -2.18. The number of benzene rings is 2. The van der Waals surface area contributed by atoms with E-state index in [9.17, 15) is 4.79 Å². The van der Waals surface area contributed by atoms with E-state index >= 15 is 0 Å². The molecule has 0 heterocycles. The van der Waals surface area contributed by atoms with Gasteiger partial charge in [-0.1, -0.05) is 54.3 Å². The van der Waals surface area contributed by atoms with Crippen LogP contribution in [0.15, 0.2) is 53.4 Å². The molecule has 134 valence electrons. The van der Waals surface area contributed by atoms with Crippen LogP contribution < -0.4 is 0 Å². The maximum absolute atomic E-state index is 12.0. The van der Waals surface area contributed by atoms with Crippen molar-refractivity contribution in [2.24, 2.45) is 0 Å². The second-order valence-electron chi connectivity index (χ2n) is 6.17. The van der Waals surface area contributed by atoms with Gasteiger partial charge in [0.2, 0.25) is 0 Å². The lowest BCUT2D eigenvalue weighted by atomic mass is 10.1. The molecule has 0 spiro atoms. The van der Waals surface area contributed by atoms with E-state index in [4.69, 9.17) is 16.3 Å². The number of halogens is 1. The number of hydrogen-bond donors (Lipinski definition) is 0. The third-order valence-electron chi connectivity index (χ3n) is 4.11. The summed E-state index contributed by atoms with van der Waals surface area (Å²) in [7, 11) is 1.46. The highest BCUT2D eigenvalue weighted by Gasteiger charge is 2.20. The average Bonchev–Trinajstić information content (AvgIpc) is 2.63. The van der Waals surface area contributed by atoms with Gasteiger partial charge in [-0.2, -0.15) is 0 Å². The Labute approximate surface area is 159 Å². The standard InChI is InChI=1S/C21H25ClO2S/c1-16-8-14-19(15-9-16)25-20(21(23)24-2)7-5-3-4-6-17-10-12-18(22)13-11-17/h8-15,20H,3-7H2,1-2H3. The molecule has 0 aromatic heterocycles. The van der Waals surface area contributed by atoms with E-state index < -0.39 is 0 Å². The van der Waals surface area contributed by atoms with Crippen molar-refractivity contribution in [1.82, 2.24) is 0 Å². The Morgan fingerprint density at radius 3 is 2.36 bits per heavy atom. The van der Waals surface area contributed by atoms with Crippen molar-refractivity contribution in [3.63, 3.8) is 0 Å². The van der Waals surface area contributed by atoms with Gasteiger partial charge < -0.3 is 4.74 Å². The van der Waals surface area contributed by atoms with Gasteiger partial charge in [0.05, 0.1) is 7.11 Å². The maximum Gasteiger partial charge on any atom is 0.319 e. The quantitative estimate of drug-likeness (QED) is 0.301. The first kappa shape index (κ1) is 19.9. The minimum atomic E-state index is -0.136. The van der Waals surface area contributed by atoms with Crippen molar-refractivity contribution in [1.29, 1.82) is 0 Å². The molecule has 1 atom stereocenters. The van der Waals surface area contributed by atoms with Gasteiger partial charge in [0.1, 0.15) is 5.25 Å². The van der Waals surface area contributed by atoms with Crippen LogP contribution in [0.4, 0.5) is 0 Å². The molecule has 0 saturated heterocycles. The second-order valence-corrected chi connectivity index (χ2v) is 7.88. The van der Waals surface area contributed by atoms with E-state index in [1.807, 2.05) is 12.1 Å². The summed E-state index contributed by atoms with van der Waals surface area (Å²) in [4.78, 5) is 13.2. The molecule has 4 heteroatoms. The lowest BCUT2D eigenvalue weighted by molar-refractivity contribution is -0.140. The van der Waals surface area contributed by atoms with Crippen molar-refractivity contribution in [3.8, 4) is 0 Å². The summed E-state index contributed by atoms with van der Waals surface area (Å²) in [6.07, 6.45) is 5.12. The Morgan fingerprint density at radius 1 is 1.04 bits per heavy atom. The summed E-state index contributed by atoms with van der Waals surface area (Å²) >= 11 is 7.50. The molecule has 2 aromatic carbocycles. The number of esters is 1. The normalized spacial score (nSPS) is 12.0. The minimum Gasteiger partial charge on any atom is -0.468 e. The third-order valence-corrected chi connectivity index (χ3v) is 5.62. The van der Waals surface area contributed by atoms with Gasteiger partial charge in [-0.05, 0) is 56.0 Å². The number of unbranched alkanes of at least 4 members (excludes halogenated alkanes) is 2. The zero-order chi connectivity index (χ0) is 18.1. The number of methoxy groups -OCH3 is 1. The van der Waals surface area contributed by atoms with E-state index in [2.05, 4.69) is 43.3 Å². The van der Waals surface area contributed by atoms with Gasteiger partial charge in [-0.25, -0.2) is 0 Å². The van der Waals surface area contributed by atoms with Crippen LogP contribution >= 0.6 is 23.4 Å². The molecular formula is C21H25ClO2S. The van der Waals surface area contributed by atoms with Crippen molar-refractivity contribution >= 4 is 29.3 Å². The van der Waals surface area contributed by atoms with Crippen LogP contribution in [0.25, 0.3) is 0 Å². The first-order chi connectivity index (χ1) is 12.1. The number of carbonyl (C=O) groups excluding carboxylic acids is 1. The summed E-state index contributed by atoms with van der Waals surface area (Å²) in [5.41, 5.74) is 2.53. The monoisotopic (exact) mass is 376 g/mol. The molecule has 0 radical (unpaired) electrons. The zero-order valence-electron chi connectivity index (χ0n) is 14.8. The number of carbonyl (C=O) groups is 1. The van der Waals surface area contributed by atoms with Gasteiger partial charge >= 0.3 is 5.97 Å². The van der Waals surface area contributed by atoms with Crippen molar-refractivity contribution in [2.75, 3.05) is 7.11 Å². The number of rotatable bonds is 9. The average molecular weight is 377 g/mol. The number of ether oxygens (including phenoxy) is 1. The summed E-state index contributed by atoms with van der Waals surface area (Å²) in [5.74, 6) is -0.136. The number of aryl methyl sites for hydroxylation is 2. The fraction of sp³-hybridized carbons (Fsp3) is 0.381. The Kier molecular flexibility index (Phi) is 8.36. The molecule has 2 rings (SSSR count). The van der Waals surface area contributed by atoms with Gasteiger partial charge in [-0.3, -0.25) is 4.79 Å². The van der Waals surface area contributed by atoms with E-state index in [1.54, 1.807) is 11.8 Å². The third kappa shape index (κ3) is 7.13. The predicted octanol–water partition coefficient (Wildman–Crippen LogP) is 6.09. The van der Waals surface area contributed by atoms with E-state index in [1.165, 1.54) is 18.2 Å². The van der Waals surface area contributed by atoms with E-state index in [0.717, 1.165) is 42.0 Å². The van der Waals surface area contributed by atoms with Crippen LogP contribution in [-0.2, 0) is 16.0 Å². The Morgan fingerprint density at radius 2 is 1.72 bits per heavy atom. The highest BCUT2D eigenvalue weighted by molar-refractivity contribution is 8.00. The molecule has 2 aromatic rings. The fourth-order valence-electron chi connectivity index (χ4n) is 2.62. The molecule has 0 aliphatic heterocycles. The SMILES string of the molecule is COC(=O)C(CCCCCc1ccc(Cl)cc1)Sc1ccc(C)cc1. The lowest BCUT2D eigenvalue weighted by Gasteiger charge is -2.14. The molecule has 0 fully saturated rings. The predicted molar refractivity (Wildman–Crippen MR) is 106 cm³/mol. The van der Waals surface area contributed by atoms with Crippen molar-refractivity contribution in [3.05, 3.63) is 64.7 Å². The summed E-state index contributed by atoms with van der Waals surface area (Å²) in [6.45, 7) is 2.06. The Hall–Kier alpha value is -1.45. The second kappa shape index (κ2) is 10.5. The smallest absolute Gasteiger partial charge is 0.319 e. The molecule has 2 nitrogen and oxygen atoms in total. The van der Waals surface area contributed by atoms with Crippen LogP contribution in [0, 0.1) is 6.92 Å². The van der Waals surface area contributed by atoms with Gasteiger partial charge in [-0.15, -0.1) is 11.8 Å². The van der Waals surface area contributed by atoms with Crippen molar-refractivity contribution in [2.45, 2.75) is 49.2 Å². The molecule has 1 unspecified atom stereocenters.